The monoisotopic (exact) mass is 320 g/mol. The number of hydrogen-bond acceptors (Lipinski definition) is 4. The van der Waals surface area contributed by atoms with Crippen molar-refractivity contribution >= 4 is 17.3 Å². The molecule has 0 saturated carbocycles. The molecule has 4 rings (SSSR count). The molecule has 0 atom stereocenters. The van der Waals surface area contributed by atoms with E-state index < -0.39 is 5.97 Å². The van der Waals surface area contributed by atoms with E-state index in [4.69, 9.17) is 4.74 Å². The van der Waals surface area contributed by atoms with Gasteiger partial charge >= 0.3 is 5.97 Å². The number of carbonyl (C=O) groups excluding carboxylic acids is 1. The first-order valence-corrected chi connectivity index (χ1v) is 7.66. The normalized spacial score (nSPS) is 11.2. The number of imidazole rings is 2. The van der Waals surface area contributed by atoms with E-state index in [-0.39, 0.29) is 6.61 Å². The zero-order valence-corrected chi connectivity index (χ0v) is 13.4. The van der Waals surface area contributed by atoms with Crippen molar-refractivity contribution in [3.8, 4) is 0 Å². The number of aromatic nitrogens is 4. The van der Waals surface area contributed by atoms with Crippen LogP contribution in [0.5, 0.6) is 0 Å². The number of carbonyl (C=O) groups is 1. The van der Waals surface area contributed by atoms with Gasteiger partial charge in [0.25, 0.3) is 0 Å². The van der Waals surface area contributed by atoms with Crippen molar-refractivity contribution in [2.24, 2.45) is 0 Å². The Hall–Kier alpha value is -3.15. The van der Waals surface area contributed by atoms with Crippen LogP contribution in [0.2, 0.25) is 0 Å². The van der Waals surface area contributed by atoms with Crippen LogP contribution in [0.25, 0.3) is 11.3 Å². The summed E-state index contributed by atoms with van der Waals surface area (Å²) in [4.78, 5) is 21.0. The number of esters is 1. The Kier molecular flexibility index (Phi) is 3.30. The Balaban J connectivity index is 1.53. The van der Waals surface area contributed by atoms with Crippen LogP contribution in [0, 0.1) is 13.8 Å². The maximum Gasteiger partial charge on any atom is 0.358 e. The van der Waals surface area contributed by atoms with Crippen molar-refractivity contribution < 1.29 is 9.53 Å². The maximum atomic E-state index is 12.2. The summed E-state index contributed by atoms with van der Waals surface area (Å²) in [5.41, 5.74) is 4.76. The molecule has 0 radical (unpaired) electrons. The van der Waals surface area contributed by atoms with Crippen molar-refractivity contribution in [3.63, 3.8) is 0 Å². The standard InChI is InChI=1S/C18H16N4O2/c1-12-5-7-21-10-15(20-16(21)8-12)18(23)24-11-14-9-22-6-3-4-13(2)17(22)19-14/h3-10H,11H2,1-2H3. The fourth-order valence-electron chi connectivity index (χ4n) is 2.67. The minimum absolute atomic E-state index is 0.118. The lowest BCUT2D eigenvalue weighted by Crippen LogP contribution is -2.05. The third kappa shape index (κ3) is 2.52. The molecule has 0 saturated heterocycles. The van der Waals surface area contributed by atoms with Crippen LogP contribution in [-0.2, 0) is 11.3 Å². The molecule has 0 bridgehead atoms. The second-order valence-electron chi connectivity index (χ2n) is 5.83. The number of fused-ring (bicyclic) bond motifs is 2. The van der Waals surface area contributed by atoms with Crippen molar-refractivity contribution in [3.05, 3.63) is 71.6 Å². The molecular formula is C18H16N4O2. The summed E-state index contributed by atoms with van der Waals surface area (Å²) in [6, 6.07) is 7.83. The lowest BCUT2D eigenvalue weighted by molar-refractivity contribution is 0.0462. The van der Waals surface area contributed by atoms with Crippen molar-refractivity contribution in [1.29, 1.82) is 0 Å². The summed E-state index contributed by atoms with van der Waals surface area (Å²) < 4.78 is 9.08. The molecule has 0 unspecified atom stereocenters. The van der Waals surface area contributed by atoms with Crippen LogP contribution in [0.3, 0.4) is 0 Å². The number of pyridine rings is 2. The van der Waals surface area contributed by atoms with Gasteiger partial charge in [0, 0.05) is 24.8 Å². The van der Waals surface area contributed by atoms with Crippen molar-refractivity contribution in [2.75, 3.05) is 0 Å². The molecule has 0 aliphatic heterocycles. The quantitative estimate of drug-likeness (QED) is 0.545. The highest BCUT2D eigenvalue weighted by molar-refractivity contribution is 5.88. The van der Waals surface area contributed by atoms with Gasteiger partial charge in [0.2, 0.25) is 0 Å². The second-order valence-corrected chi connectivity index (χ2v) is 5.83. The average molecular weight is 320 g/mol. The van der Waals surface area contributed by atoms with Gasteiger partial charge in [-0.3, -0.25) is 0 Å². The van der Waals surface area contributed by atoms with Crippen LogP contribution in [0.4, 0.5) is 0 Å². The van der Waals surface area contributed by atoms with Crippen LogP contribution < -0.4 is 0 Å². The molecule has 6 nitrogen and oxygen atoms in total. The van der Waals surface area contributed by atoms with E-state index in [2.05, 4.69) is 9.97 Å². The summed E-state index contributed by atoms with van der Waals surface area (Å²) in [5.74, 6) is -0.454. The molecule has 0 aliphatic carbocycles. The molecule has 0 spiro atoms. The summed E-state index contributed by atoms with van der Waals surface area (Å²) in [6.45, 7) is 4.10. The highest BCUT2D eigenvalue weighted by atomic mass is 16.5. The first-order valence-electron chi connectivity index (χ1n) is 7.66. The minimum atomic E-state index is -0.454. The summed E-state index contributed by atoms with van der Waals surface area (Å²) in [7, 11) is 0. The zero-order chi connectivity index (χ0) is 16.7. The van der Waals surface area contributed by atoms with Gasteiger partial charge in [0.1, 0.15) is 17.9 Å². The topological polar surface area (TPSA) is 60.9 Å². The maximum absolute atomic E-state index is 12.2. The zero-order valence-electron chi connectivity index (χ0n) is 13.4. The number of nitrogens with zero attached hydrogens (tertiary/aromatic N) is 4. The van der Waals surface area contributed by atoms with E-state index in [0.717, 1.165) is 22.4 Å². The van der Waals surface area contributed by atoms with E-state index >= 15 is 0 Å². The van der Waals surface area contributed by atoms with Crippen molar-refractivity contribution in [2.45, 2.75) is 20.5 Å². The first-order chi connectivity index (χ1) is 11.6. The Labute approximate surface area is 138 Å². The lowest BCUT2D eigenvalue weighted by atomic mass is 10.3. The molecule has 120 valence electrons. The van der Waals surface area contributed by atoms with Crippen LogP contribution in [0.15, 0.2) is 49.1 Å². The van der Waals surface area contributed by atoms with Gasteiger partial charge in [-0.15, -0.1) is 0 Å². The molecule has 0 fully saturated rings. The van der Waals surface area contributed by atoms with Gasteiger partial charge in [-0.25, -0.2) is 14.8 Å². The molecule has 4 aromatic rings. The molecule has 4 aromatic heterocycles. The van der Waals surface area contributed by atoms with E-state index in [1.54, 1.807) is 10.6 Å². The van der Waals surface area contributed by atoms with Gasteiger partial charge in [-0.2, -0.15) is 0 Å². The lowest BCUT2D eigenvalue weighted by Gasteiger charge is -1.98. The second kappa shape index (κ2) is 5.49. The Bertz CT molecular complexity index is 1060. The predicted octanol–water partition coefficient (Wildman–Crippen LogP) is 2.96. The molecule has 4 heterocycles. The Morgan fingerprint density at radius 2 is 2.00 bits per heavy atom. The number of rotatable bonds is 3. The highest BCUT2D eigenvalue weighted by Crippen LogP contribution is 2.12. The minimum Gasteiger partial charge on any atom is -0.454 e. The van der Waals surface area contributed by atoms with Gasteiger partial charge in [0.05, 0.1) is 5.69 Å². The van der Waals surface area contributed by atoms with Crippen LogP contribution in [0.1, 0.15) is 27.3 Å². The molecule has 0 N–H and O–H groups in total. The van der Waals surface area contributed by atoms with Crippen LogP contribution >= 0.6 is 0 Å². The molecule has 0 aliphatic rings. The Morgan fingerprint density at radius 3 is 2.83 bits per heavy atom. The summed E-state index contributed by atoms with van der Waals surface area (Å²) >= 11 is 0. The SMILES string of the molecule is Cc1ccn2cc(C(=O)OCc3cn4cccc(C)c4n3)nc2c1. The highest BCUT2D eigenvalue weighted by Gasteiger charge is 2.13. The number of hydrogen-bond donors (Lipinski definition) is 0. The molecular weight excluding hydrogens is 304 g/mol. The van der Waals surface area contributed by atoms with E-state index in [0.29, 0.717) is 11.4 Å². The van der Waals surface area contributed by atoms with E-state index in [9.17, 15) is 4.79 Å². The van der Waals surface area contributed by atoms with Crippen molar-refractivity contribution in [1.82, 2.24) is 18.8 Å². The third-order valence-electron chi connectivity index (χ3n) is 3.90. The average Bonchev–Trinajstić information content (AvgIpc) is 3.16. The molecule has 0 aromatic carbocycles. The van der Waals surface area contributed by atoms with Gasteiger partial charge in [-0.1, -0.05) is 6.07 Å². The smallest absolute Gasteiger partial charge is 0.358 e. The van der Waals surface area contributed by atoms with Gasteiger partial charge in [0.15, 0.2) is 5.69 Å². The number of ether oxygens (including phenoxy) is 1. The van der Waals surface area contributed by atoms with E-state index in [1.165, 1.54) is 0 Å². The van der Waals surface area contributed by atoms with Gasteiger partial charge in [-0.05, 0) is 43.2 Å². The number of aryl methyl sites for hydroxylation is 2. The molecule has 0 amide bonds. The van der Waals surface area contributed by atoms with Gasteiger partial charge < -0.3 is 13.5 Å². The summed E-state index contributed by atoms with van der Waals surface area (Å²) in [5, 5.41) is 0. The predicted molar refractivity (Wildman–Crippen MR) is 89.0 cm³/mol. The first kappa shape index (κ1) is 14.4. The van der Waals surface area contributed by atoms with E-state index in [1.807, 2.05) is 61.1 Å². The fraction of sp³-hybridized carbons (Fsp3) is 0.167. The summed E-state index contributed by atoms with van der Waals surface area (Å²) in [6.07, 6.45) is 7.33. The molecule has 24 heavy (non-hydrogen) atoms. The Morgan fingerprint density at radius 1 is 1.12 bits per heavy atom. The molecule has 6 heteroatoms. The van der Waals surface area contributed by atoms with Crippen LogP contribution in [-0.4, -0.2) is 24.7 Å². The third-order valence-corrected chi connectivity index (χ3v) is 3.90. The fourth-order valence-corrected chi connectivity index (χ4v) is 2.67. The largest absolute Gasteiger partial charge is 0.454 e.